The normalized spacial score (nSPS) is 15.8. The highest BCUT2D eigenvalue weighted by Crippen LogP contribution is 2.23. The number of nitrogens with zero attached hydrogens (tertiary/aromatic N) is 3. The number of nitrogens with one attached hydrogen (secondary N) is 1. The zero-order valence-electron chi connectivity index (χ0n) is 15.4. The van der Waals surface area contributed by atoms with Crippen molar-refractivity contribution >= 4 is 35.2 Å². The van der Waals surface area contributed by atoms with E-state index in [9.17, 15) is 18.4 Å². The zero-order valence-corrected chi connectivity index (χ0v) is 16.2. The largest absolute Gasteiger partial charge is 0.431 e. The quantitative estimate of drug-likeness (QED) is 0.799. The second-order valence-corrected chi connectivity index (χ2v) is 6.99. The lowest BCUT2D eigenvalue weighted by Crippen LogP contribution is -2.36. The number of rotatable bonds is 4. The number of halogens is 3. The van der Waals surface area contributed by atoms with E-state index in [-0.39, 0.29) is 42.2 Å². The molecule has 0 aliphatic carbocycles. The Kier molecular flexibility index (Phi) is 5.37. The van der Waals surface area contributed by atoms with Crippen molar-refractivity contribution in [1.29, 1.82) is 0 Å². The maximum Gasteiger partial charge on any atom is 0.348 e. The first kappa shape index (κ1) is 19.8. The molecule has 0 fully saturated rings. The molecule has 2 heterocycles. The number of anilines is 1. The summed E-state index contributed by atoms with van der Waals surface area (Å²) in [5, 5.41) is 2.48. The molecule has 0 unspecified atom stereocenters. The van der Waals surface area contributed by atoms with Gasteiger partial charge in [0.15, 0.2) is 0 Å². The topological polar surface area (TPSA) is 74.2 Å². The number of urea groups is 1. The lowest BCUT2D eigenvalue weighted by Gasteiger charge is -2.21. The third-order valence-electron chi connectivity index (χ3n) is 4.55. The number of ether oxygens (including phenoxy) is 1. The summed E-state index contributed by atoms with van der Waals surface area (Å²) in [4.78, 5) is 32.0. The Morgan fingerprint density at radius 3 is 2.67 bits per heavy atom. The van der Waals surface area contributed by atoms with Crippen molar-refractivity contribution in [3.05, 3.63) is 76.6 Å². The molecular formula is C20H15ClF2N4O3. The minimum absolute atomic E-state index is 0.0103. The second-order valence-electron chi connectivity index (χ2n) is 6.58. The Bertz CT molecular complexity index is 1070. The van der Waals surface area contributed by atoms with Gasteiger partial charge in [-0.2, -0.15) is 0 Å². The third-order valence-corrected chi connectivity index (χ3v) is 4.84. The van der Waals surface area contributed by atoms with Crippen LogP contribution in [-0.2, 0) is 16.1 Å². The minimum atomic E-state index is -0.597. The van der Waals surface area contributed by atoms with Crippen LogP contribution in [0.3, 0.4) is 0 Å². The molecule has 0 radical (unpaired) electrons. The number of benzene rings is 2. The molecule has 1 N–H and O–H groups in total. The van der Waals surface area contributed by atoms with Gasteiger partial charge in [-0.1, -0.05) is 23.7 Å². The van der Waals surface area contributed by atoms with E-state index in [1.165, 1.54) is 40.3 Å². The SMILES string of the molecule is O=C(Nc1ccc(F)c(Cl)c1)C1=COC2=NC(=O)N(Cc3ccc(F)cc3)CCN12. The molecule has 2 aliphatic rings. The van der Waals surface area contributed by atoms with E-state index < -0.39 is 17.8 Å². The van der Waals surface area contributed by atoms with Gasteiger partial charge in [-0.15, -0.1) is 4.99 Å². The number of hydrogen-bond acceptors (Lipinski definition) is 4. The molecule has 0 bridgehead atoms. The average Bonchev–Trinajstić information content (AvgIpc) is 3.05. The molecule has 0 saturated heterocycles. The number of aliphatic imine (C=N–C) groups is 1. The van der Waals surface area contributed by atoms with Crippen LogP contribution in [0.5, 0.6) is 0 Å². The summed E-state index contributed by atoms with van der Waals surface area (Å²) in [5.74, 6) is -1.49. The summed E-state index contributed by atoms with van der Waals surface area (Å²) in [5.41, 5.74) is 1.20. The molecule has 0 atom stereocenters. The predicted molar refractivity (Wildman–Crippen MR) is 106 cm³/mol. The molecule has 154 valence electrons. The van der Waals surface area contributed by atoms with Crippen LogP contribution in [0.2, 0.25) is 5.02 Å². The number of hydrogen-bond donors (Lipinski definition) is 1. The molecule has 0 aromatic heterocycles. The summed E-state index contributed by atoms with van der Waals surface area (Å²) in [7, 11) is 0. The molecule has 3 amide bonds. The van der Waals surface area contributed by atoms with Crippen LogP contribution >= 0.6 is 11.6 Å². The first-order chi connectivity index (χ1) is 14.4. The van der Waals surface area contributed by atoms with E-state index in [1.807, 2.05) is 0 Å². The van der Waals surface area contributed by atoms with Gasteiger partial charge in [-0.05, 0) is 35.9 Å². The van der Waals surface area contributed by atoms with Gasteiger partial charge >= 0.3 is 12.1 Å². The van der Waals surface area contributed by atoms with Crippen molar-refractivity contribution in [3.8, 4) is 0 Å². The van der Waals surface area contributed by atoms with E-state index >= 15 is 0 Å². The fraction of sp³-hybridized carbons (Fsp3) is 0.150. The highest BCUT2D eigenvalue weighted by molar-refractivity contribution is 6.31. The zero-order chi connectivity index (χ0) is 21.3. The van der Waals surface area contributed by atoms with Crippen LogP contribution in [-0.4, -0.2) is 40.8 Å². The maximum absolute atomic E-state index is 13.3. The van der Waals surface area contributed by atoms with Crippen LogP contribution in [0.1, 0.15) is 5.56 Å². The molecule has 0 saturated carbocycles. The molecule has 2 aromatic carbocycles. The van der Waals surface area contributed by atoms with Gasteiger partial charge in [0.1, 0.15) is 23.6 Å². The van der Waals surface area contributed by atoms with Crippen molar-refractivity contribution < 1.29 is 23.1 Å². The Hall–Kier alpha value is -3.46. The Morgan fingerprint density at radius 2 is 1.93 bits per heavy atom. The fourth-order valence-electron chi connectivity index (χ4n) is 3.01. The fourth-order valence-corrected chi connectivity index (χ4v) is 3.19. The van der Waals surface area contributed by atoms with E-state index in [2.05, 4.69) is 10.3 Å². The molecule has 2 aliphatic heterocycles. The maximum atomic E-state index is 13.3. The summed E-state index contributed by atoms with van der Waals surface area (Å²) >= 11 is 5.74. The van der Waals surface area contributed by atoms with Crippen LogP contribution in [0.4, 0.5) is 19.3 Å². The molecule has 10 heteroatoms. The molecule has 30 heavy (non-hydrogen) atoms. The van der Waals surface area contributed by atoms with Gasteiger partial charge in [0.05, 0.1) is 5.02 Å². The van der Waals surface area contributed by atoms with Gasteiger partial charge in [-0.3, -0.25) is 9.69 Å². The number of amidine groups is 1. The van der Waals surface area contributed by atoms with Crippen molar-refractivity contribution in [2.24, 2.45) is 4.99 Å². The first-order valence-corrected chi connectivity index (χ1v) is 9.31. The Morgan fingerprint density at radius 1 is 1.17 bits per heavy atom. The number of amides is 3. The lowest BCUT2D eigenvalue weighted by atomic mass is 10.2. The van der Waals surface area contributed by atoms with E-state index in [0.29, 0.717) is 5.69 Å². The first-order valence-electron chi connectivity index (χ1n) is 8.93. The van der Waals surface area contributed by atoms with Gasteiger partial charge in [0.25, 0.3) is 5.91 Å². The number of carbonyl (C=O) groups is 2. The molecular weight excluding hydrogens is 418 g/mol. The summed E-state index contributed by atoms with van der Waals surface area (Å²) in [6.07, 6.45) is 1.20. The average molecular weight is 433 g/mol. The highest BCUT2D eigenvalue weighted by Gasteiger charge is 2.33. The molecule has 2 aromatic rings. The van der Waals surface area contributed by atoms with E-state index in [4.69, 9.17) is 16.3 Å². The summed E-state index contributed by atoms with van der Waals surface area (Å²) in [6, 6.07) is 9.08. The van der Waals surface area contributed by atoms with Crippen LogP contribution < -0.4 is 5.32 Å². The lowest BCUT2D eigenvalue weighted by molar-refractivity contribution is -0.113. The summed E-state index contributed by atoms with van der Waals surface area (Å²) < 4.78 is 31.7. The Balaban J connectivity index is 1.45. The number of carbonyl (C=O) groups excluding carboxylic acids is 2. The number of fused-ring (bicyclic) bond motifs is 1. The molecule has 4 rings (SSSR count). The molecule has 0 spiro atoms. The summed E-state index contributed by atoms with van der Waals surface area (Å²) in [6.45, 7) is 0.762. The monoisotopic (exact) mass is 432 g/mol. The van der Waals surface area contributed by atoms with Gasteiger partial charge < -0.3 is 15.0 Å². The van der Waals surface area contributed by atoms with Gasteiger partial charge in [0.2, 0.25) is 0 Å². The molecule has 7 nitrogen and oxygen atoms in total. The van der Waals surface area contributed by atoms with Crippen molar-refractivity contribution in [1.82, 2.24) is 9.80 Å². The van der Waals surface area contributed by atoms with Crippen molar-refractivity contribution in [2.45, 2.75) is 6.54 Å². The minimum Gasteiger partial charge on any atom is -0.431 e. The second kappa shape index (κ2) is 8.11. The van der Waals surface area contributed by atoms with E-state index in [1.54, 1.807) is 12.1 Å². The van der Waals surface area contributed by atoms with Crippen LogP contribution in [0.25, 0.3) is 0 Å². The standard InChI is InChI=1S/C20H15ClF2N4O3/c21-15-9-14(5-6-16(15)23)24-18(28)17-11-30-20-25-19(29)26(7-8-27(17)20)10-12-1-3-13(22)4-2-12/h1-6,9,11H,7-8,10H2,(H,24,28). The Labute approximate surface area is 175 Å². The van der Waals surface area contributed by atoms with Gasteiger partial charge in [-0.25, -0.2) is 13.6 Å². The van der Waals surface area contributed by atoms with Gasteiger partial charge in [0, 0.05) is 25.3 Å². The third kappa shape index (κ3) is 4.11. The van der Waals surface area contributed by atoms with Crippen LogP contribution in [0, 0.1) is 11.6 Å². The van der Waals surface area contributed by atoms with Crippen molar-refractivity contribution in [3.63, 3.8) is 0 Å². The van der Waals surface area contributed by atoms with E-state index in [0.717, 1.165) is 11.6 Å². The smallest absolute Gasteiger partial charge is 0.348 e. The van der Waals surface area contributed by atoms with Crippen molar-refractivity contribution in [2.75, 3.05) is 18.4 Å². The van der Waals surface area contributed by atoms with Crippen LogP contribution in [0.15, 0.2) is 59.4 Å². The predicted octanol–water partition coefficient (Wildman–Crippen LogP) is 3.72. The highest BCUT2D eigenvalue weighted by atomic mass is 35.5.